The summed E-state index contributed by atoms with van der Waals surface area (Å²) in [6.45, 7) is 5.25. The molecule has 1 amide bonds. The number of piperazine rings is 1. The maximum Gasteiger partial charge on any atom is 0.417 e. The van der Waals surface area contributed by atoms with Crippen molar-refractivity contribution >= 4 is 21.7 Å². The number of pyridine rings is 1. The number of anilines is 1. The van der Waals surface area contributed by atoms with E-state index < -0.39 is 21.8 Å². The second-order valence-corrected chi connectivity index (χ2v) is 9.35. The predicted octanol–water partition coefficient (Wildman–Crippen LogP) is 3.14. The monoisotopic (exact) mass is 470 g/mol. The Balaban J connectivity index is 1.60. The Labute approximate surface area is 185 Å². The summed E-state index contributed by atoms with van der Waals surface area (Å²) in [5.74, 6) is 0.192. The van der Waals surface area contributed by atoms with Crippen molar-refractivity contribution in [2.24, 2.45) is 0 Å². The molecular weight excluding hydrogens is 445 g/mol. The second-order valence-electron chi connectivity index (χ2n) is 7.64. The Hall–Kier alpha value is -2.66. The molecule has 7 nitrogen and oxygen atoms in total. The Morgan fingerprint density at radius 3 is 2.22 bits per heavy atom. The van der Waals surface area contributed by atoms with Crippen LogP contribution in [0, 0.1) is 0 Å². The Morgan fingerprint density at radius 2 is 1.72 bits per heavy atom. The number of alkyl halides is 3. The topological polar surface area (TPSA) is 82.6 Å². The Morgan fingerprint density at radius 1 is 1.09 bits per heavy atom. The highest BCUT2D eigenvalue weighted by Gasteiger charge is 2.31. The van der Waals surface area contributed by atoms with Gasteiger partial charge in [0.2, 0.25) is 10.0 Å². The molecule has 1 atom stereocenters. The molecule has 1 aliphatic heterocycles. The first-order valence-electron chi connectivity index (χ1n) is 10.2. The van der Waals surface area contributed by atoms with Crippen molar-refractivity contribution in [3.05, 3.63) is 53.7 Å². The van der Waals surface area contributed by atoms with E-state index >= 15 is 0 Å². The number of hydrogen-bond acceptors (Lipinski definition) is 5. The van der Waals surface area contributed by atoms with E-state index in [0.29, 0.717) is 44.0 Å². The lowest BCUT2D eigenvalue weighted by Crippen LogP contribution is -2.49. The van der Waals surface area contributed by atoms with Crippen LogP contribution in [0.15, 0.2) is 47.5 Å². The third-order valence-corrected chi connectivity index (χ3v) is 6.95. The average molecular weight is 471 g/mol. The number of nitrogens with one attached hydrogen (secondary N) is 1. The van der Waals surface area contributed by atoms with E-state index in [1.54, 1.807) is 11.8 Å². The summed E-state index contributed by atoms with van der Waals surface area (Å²) < 4.78 is 65.3. The van der Waals surface area contributed by atoms with E-state index in [0.717, 1.165) is 12.3 Å². The number of nitrogens with zero attached hydrogens (tertiary/aromatic N) is 3. The highest BCUT2D eigenvalue weighted by Crippen LogP contribution is 2.29. The fourth-order valence-corrected chi connectivity index (χ4v) is 4.58. The summed E-state index contributed by atoms with van der Waals surface area (Å²) in [5, 5.41) is 0. The second kappa shape index (κ2) is 9.45. The van der Waals surface area contributed by atoms with Gasteiger partial charge >= 0.3 is 6.18 Å². The number of benzene rings is 1. The zero-order valence-corrected chi connectivity index (χ0v) is 18.6. The molecule has 2 heterocycles. The molecule has 32 heavy (non-hydrogen) atoms. The first kappa shape index (κ1) is 24.0. The molecule has 1 aliphatic rings. The third kappa shape index (κ3) is 5.57. The van der Waals surface area contributed by atoms with Crippen LogP contribution in [0.4, 0.5) is 19.0 Å². The minimum absolute atomic E-state index is 0.0903. The van der Waals surface area contributed by atoms with E-state index in [-0.39, 0.29) is 16.8 Å². The van der Waals surface area contributed by atoms with Crippen molar-refractivity contribution in [3.8, 4) is 0 Å². The number of carbonyl (C=O) groups excluding carboxylic acids is 1. The maximum atomic E-state index is 12.8. The summed E-state index contributed by atoms with van der Waals surface area (Å²) in [6.07, 6.45) is -2.97. The van der Waals surface area contributed by atoms with Crippen molar-refractivity contribution in [2.45, 2.75) is 37.4 Å². The minimum atomic E-state index is -4.43. The Kier molecular flexibility index (Phi) is 7.09. The largest absolute Gasteiger partial charge is 0.417 e. The van der Waals surface area contributed by atoms with Gasteiger partial charge in [-0.3, -0.25) is 4.79 Å². The van der Waals surface area contributed by atoms with Crippen molar-refractivity contribution in [1.82, 2.24) is 14.6 Å². The fraction of sp³-hybridized carbons (Fsp3) is 0.429. The number of rotatable bonds is 6. The normalized spacial score (nSPS) is 16.2. The van der Waals surface area contributed by atoms with E-state index in [9.17, 15) is 26.4 Å². The van der Waals surface area contributed by atoms with Gasteiger partial charge in [-0.1, -0.05) is 6.92 Å². The van der Waals surface area contributed by atoms with Crippen LogP contribution in [0.25, 0.3) is 0 Å². The highest BCUT2D eigenvalue weighted by molar-refractivity contribution is 7.89. The molecule has 2 aromatic rings. The molecule has 3 rings (SSSR count). The molecule has 1 aromatic carbocycles. The molecule has 0 bridgehead atoms. The Bertz CT molecular complexity index is 1030. The maximum absolute atomic E-state index is 12.8. The van der Waals surface area contributed by atoms with Gasteiger partial charge in [0.25, 0.3) is 5.91 Å². The van der Waals surface area contributed by atoms with Crippen LogP contribution in [-0.4, -0.2) is 56.4 Å². The molecule has 1 fully saturated rings. The number of amides is 1. The first-order valence-corrected chi connectivity index (χ1v) is 11.7. The quantitative estimate of drug-likeness (QED) is 0.702. The molecular formula is C21H25F3N4O3S. The van der Waals surface area contributed by atoms with Crippen molar-refractivity contribution in [3.63, 3.8) is 0 Å². The molecule has 1 unspecified atom stereocenters. The van der Waals surface area contributed by atoms with E-state index in [1.807, 2.05) is 11.8 Å². The summed E-state index contributed by atoms with van der Waals surface area (Å²) in [6, 6.07) is 7.89. The summed E-state index contributed by atoms with van der Waals surface area (Å²) in [7, 11) is -3.65. The smallest absolute Gasteiger partial charge is 0.353 e. The fourth-order valence-electron chi connectivity index (χ4n) is 3.25. The first-order chi connectivity index (χ1) is 15.0. The molecule has 0 spiro atoms. The van der Waals surface area contributed by atoms with Crippen molar-refractivity contribution in [2.75, 3.05) is 31.1 Å². The van der Waals surface area contributed by atoms with Gasteiger partial charge in [-0.15, -0.1) is 0 Å². The highest BCUT2D eigenvalue weighted by atomic mass is 32.2. The number of sulfonamides is 1. The number of halogens is 3. The van der Waals surface area contributed by atoms with Gasteiger partial charge in [0.15, 0.2) is 0 Å². The van der Waals surface area contributed by atoms with E-state index in [4.69, 9.17) is 0 Å². The zero-order chi connectivity index (χ0) is 23.5. The lowest BCUT2D eigenvalue weighted by Gasteiger charge is -2.35. The van der Waals surface area contributed by atoms with Gasteiger partial charge < -0.3 is 9.80 Å². The van der Waals surface area contributed by atoms with Gasteiger partial charge in [-0.25, -0.2) is 18.1 Å². The van der Waals surface area contributed by atoms with E-state index in [2.05, 4.69) is 9.71 Å². The van der Waals surface area contributed by atoms with Crippen LogP contribution in [0.1, 0.15) is 36.2 Å². The number of hydrogen-bond donors (Lipinski definition) is 1. The van der Waals surface area contributed by atoms with Crippen LogP contribution < -0.4 is 9.62 Å². The average Bonchev–Trinajstić information content (AvgIpc) is 2.78. The molecule has 1 saturated heterocycles. The van der Waals surface area contributed by atoms with Gasteiger partial charge in [0, 0.05) is 44.0 Å². The standard InChI is InChI=1S/C21H25F3N4O3S/c1-3-15(2)26-32(30,31)18-7-4-16(5-8-18)20(29)28-12-10-27(11-13-28)19-9-6-17(14-25-19)21(22,23)24/h4-9,14-15,26H,3,10-13H2,1-2H3. The van der Waals surface area contributed by atoms with Crippen LogP contribution in [0.3, 0.4) is 0 Å². The van der Waals surface area contributed by atoms with E-state index in [1.165, 1.54) is 30.3 Å². The predicted molar refractivity (Wildman–Crippen MR) is 114 cm³/mol. The van der Waals surface area contributed by atoms with Crippen LogP contribution in [-0.2, 0) is 16.2 Å². The number of carbonyl (C=O) groups is 1. The third-order valence-electron chi connectivity index (χ3n) is 5.35. The van der Waals surface area contributed by atoms with Gasteiger partial charge in [-0.05, 0) is 49.7 Å². The lowest BCUT2D eigenvalue weighted by atomic mass is 10.2. The van der Waals surface area contributed by atoms with Crippen molar-refractivity contribution < 1.29 is 26.4 Å². The number of aromatic nitrogens is 1. The molecule has 1 N–H and O–H groups in total. The van der Waals surface area contributed by atoms with Gasteiger partial charge in [-0.2, -0.15) is 13.2 Å². The minimum Gasteiger partial charge on any atom is -0.353 e. The SMILES string of the molecule is CCC(C)NS(=O)(=O)c1ccc(C(=O)N2CCN(c3ccc(C(F)(F)F)cn3)CC2)cc1. The molecule has 11 heteroatoms. The summed E-state index contributed by atoms with van der Waals surface area (Å²) in [4.78, 5) is 20.2. The molecule has 0 aliphatic carbocycles. The molecule has 1 aromatic heterocycles. The molecule has 0 radical (unpaired) electrons. The lowest BCUT2D eigenvalue weighted by molar-refractivity contribution is -0.137. The van der Waals surface area contributed by atoms with Crippen LogP contribution in [0.5, 0.6) is 0 Å². The summed E-state index contributed by atoms with van der Waals surface area (Å²) >= 11 is 0. The van der Waals surface area contributed by atoms with Crippen LogP contribution in [0.2, 0.25) is 0 Å². The van der Waals surface area contributed by atoms with Crippen LogP contribution >= 0.6 is 0 Å². The van der Waals surface area contributed by atoms with Gasteiger partial charge in [0.05, 0.1) is 10.5 Å². The summed E-state index contributed by atoms with van der Waals surface area (Å²) in [5.41, 5.74) is -0.437. The van der Waals surface area contributed by atoms with Gasteiger partial charge in [0.1, 0.15) is 5.82 Å². The molecule has 174 valence electrons. The van der Waals surface area contributed by atoms with Crippen molar-refractivity contribution in [1.29, 1.82) is 0 Å². The molecule has 0 saturated carbocycles. The zero-order valence-electron chi connectivity index (χ0n) is 17.8.